The van der Waals surface area contributed by atoms with Gasteiger partial charge in [0, 0.05) is 12.0 Å². The topological polar surface area (TPSA) is 73.9 Å². The van der Waals surface area contributed by atoms with E-state index in [4.69, 9.17) is 0 Å². The summed E-state index contributed by atoms with van der Waals surface area (Å²) in [4.78, 5) is 18.4. The molecule has 0 aliphatic heterocycles. The second-order valence-electron chi connectivity index (χ2n) is 4.88. The number of carbonyl (C=O) groups excluding carboxylic acids is 1. The number of nitrogens with one attached hydrogen (secondary N) is 2. The molecule has 0 radical (unpaired) electrons. The van der Waals surface area contributed by atoms with E-state index in [2.05, 4.69) is 20.5 Å². The number of carbonyl (C=O) groups is 1. The van der Waals surface area contributed by atoms with Gasteiger partial charge in [-0.05, 0) is 25.7 Å². The first kappa shape index (κ1) is 15.2. The lowest BCUT2D eigenvalue weighted by Crippen LogP contribution is -2.30. The Morgan fingerprint density at radius 1 is 1.33 bits per heavy atom. The number of hydrogen-bond acceptors (Lipinski definition) is 4. The number of para-hydroxylation sites is 1. The highest BCUT2D eigenvalue weighted by atomic mass is 16.2. The standard InChI is InChI=1S/C15H21N5O/c1-4-13-17-15(19-18-13)11-8-6-7-9-12(11)16-14(21)10-20(3)5-2/h6-9H,4-5,10H2,1-3H3,(H,16,21)(H,17,18,19). The maximum Gasteiger partial charge on any atom is 0.238 e. The molecule has 6 heteroatoms. The molecule has 0 unspecified atom stereocenters. The molecular weight excluding hydrogens is 266 g/mol. The third kappa shape index (κ3) is 3.88. The minimum atomic E-state index is -0.0435. The summed E-state index contributed by atoms with van der Waals surface area (Å²) in [5, 5.41) is 10.0. The lowest BCUT2D eigenvalue weighted by atomic mass is 10.1. The van der Waals surface area contributed by atoms with Gasteiger partial charge in [0.25, 0.3) is 0 Å². The third-order valence-electron chi connectivity index (χ3n) is 3.26. The van der Waals surface area contributed by atoms with E-state index in [1.54, 1.807) is 0 Å². The van der Waals surface area contributed by atoms with Gasteiger partial charge >= 0.3 is 0 Å². The molecular formula is C15H21N5O. The van der Waals surface area contributed by atoms with E-state index in [1.165, 1.54) is 0 Å². The van der Waals surface area contributed by atoms with E-state index in [0.717, 1.165) is 30.0 Å². The van der Waals surface area contributed by atoms with Gasteiger partial charge in [-0.3, -0.25) is 14.8 Å². The number of hydrogen-bond donors (Lipinski definition) is 2. The molecule has 0 spiro atoms. The number of rotatable bonds is 6. The zero-order valence-electron chi connectivity index (χ0n) is 12.7. The summed E-state index contributed by atoms with van der Waals surface area (Å²) in [7, 11) is 1.91. The number of likely N-dealkylation sites (N-methyl/N-ethyl adjacent to an activating group) is 1. The minimum absolute atomic E-state index is 0.0435. The Morgan fingerprint density at radius 2 is 2.10 bits per heavy atom. The Kier molecular flexibility index (Phi) is 5.05. The molecule has 0 fully saturated rings. The molecule has 2 N–H and O–H groups in total. The van der Waals surface area contributed by atoms with Crippen molar-refractivity contribution in [1.29, 1.82) is 0 Å². The van der Waals surface area contributed by atoms with Crippen molar-refractivity contribution >= 4 is 11.6 Å². The number of amides is 1. The molecule has 0 atom stereocenters. The Balaban J connectivity index is 2.19. The summed E-state index contributed by atoms with van der Waals surface area (Å²) in [6, 6.07) is 7.56. The average molecular weight is 287 g/mol. The molecule has 1 amide bonds. The van der Waals surface area contributed by atoms with Crippen molar-refractivity contribution < 1.29 is 4.79 Å². The van der Waals surface area contributed by atoms with Crippen molar-refractivity contribution in [2.24, 2.45) is 0 Å². The molecule has 112 valence electrons. The number of benzene rings is 1. The first-order valence-corrected chi connectivity index (χ1v) is 7.13. The van der Waals surface area contributed by atoms with Crippen LogP contribution in [-0.2, 0) is 11.2 Å². The monoisotopic (exact) mass is 287 g/mol. The van der Waals surface area contributed by atoms with Crippen LogP contribution in [0.1, 0.15) is 19.7 Å². The van der Waals surface area contributed by atoms with Gasteiger partial charge in [-0.15, -0.1) is 0 Å². The number of aromatic nitrogens is 3. The largest absolute Gasteiger partial charge is 0.324 e. The molecule has 0 saturated heterocycles. The third-order valence-corrected chi connectivity index (χ3v) is 3.26. The fraction of sp³-hybridized carbons (Fsp3) is 0.400. The van der Waals surface area contributed by atoms with Gasteiger partial charge in [-0.25, -0.2) is 4.98 Å². The van der Waals surface area contributed by atoms with Gasteiger partial charge in [0.05, 0.1) is 12.2 Å². The fourth-order valence-electron chi connectivity index (χ4n) is 1.91. The van der Waals surface area contributed by atoms with Gasteiger partial charge in [-0.1, -0.05) is 26.0 Å². The van der Waals surface area contributed by atoms with Gasteiger partial charge in [0.2, 0.25) is 5.91 Å². The van der Waals surface area contributed by atoms with Crippen LogP contribution in [0.25, 0.3) is 11.4 Å². The number of anilines is 1. The van der Waals surface area contributed by atoms with E-state index in [0.29, 0.717) is 12.4 Å². The molecule has 1 aromatic carbocycles. The van der Waals surface area contributed by atoms with E-state index >= 15 is 0 Å². The summed E-state index contributed by atoms with van der Waals surface area (Å²) in [5.41, 5.74) is 1.55. The first-order chi connectivity index (χ1) is 10.1. The first-order valence-electron chi connectivity index (χ1n) is 7.13. The molecule has 1 aromatic heterocycles. The van der Waals surface area contributed by atoms with E-state index < -0.39 is 0 Å². The fourth-order valence-corrected chi connectivity index (χ4v) is 1.91. The quantitative estimate of drug-likeness (QED) is 0.851. The van der Waals surface area contributed by atoms with Gasteiger partial charge in [-0.2, -0.15) is 5.10 Å². The molecule has 0 bridgehead atoms. The van der Waals surface area contributed by atoms with Crippen LogP contribution in [0.3, 0.4) is 0 Å². The number of aryl methyl sites for hydroxylation is 1. The van der Waals surface area contributed by atoms with Crippen molar-refractivity contribution in [2.75, 3.05) is 25.5 Å². The zero-order valence-corrected chi connectivity index (χ0v) is 12.7. The maximum atomic E-state index is 12.0. The molecule has 1 heterocycles. The van der Waals surface area contributed by atoms with Crippen LogP contribution >= 0.6 is 0 Å². The summed E-state index contributed by atoms with van der Waals surface area (Å²) in [5.74, 6) is 1.39. The highest BCUT2D eigenvalue weighted by Gasteiger charge is 2.12. The molecule has 2 aromatic rings. The van der Waals surface area contributed by atoms with Crippen LogP contribution in [0, 0.1) is 0 Å². The molecule has 0 aliphatic carbocycles. The van der Waals surface area contributed by atoms with Gasteiger partial charge in [0.15, 0.2) is 5.82 Å². The van der Waals surface area contributed by atoms with Gasteiger partial charge < -0.3 is 5.32 Å². The predicted octanol–water partition coefficient (Wildman–Crippen LogP) is 1.92. The van der Waals surface area contributed by atoms with E-state index in [1.807, 2.05) is 50.1 Å². The zero-order chi connectivity index (χ0) is 15.2. The van der Waals surface area contributed by atoms with Crippen LogP contribution in [0.4, 0.5) is 5.69 Å². The number of aromatic amines is 1. The van der Waals surface area contributed by atoms with Crippen molar-refractivity contribution in [3.05, 3.63) is 30.1 Å². The minimum Gasteiger partial charge on any atom is -0.324 e. The van der Waals surface area contributed by atoms with E-state index in [9.17, 15) is 4.79 Å². The normalized spacial score (nSPS) is 10.9. The average Bonchev–Trinajstić information content (AvgIpc) is 2.96. The molecule has 6 nitrogen and oxygen atoms in total. The smallest absolute Gasteiger partial charge is 0.238 e. The summed E-state index contributed by atoms with van der Waals surface area (Å²) in [6.07, 6.45) is 0.794. The van der Waals surface area contributed by atoms with E-state index in [-0.39, 0.29) is 5.91 Å². The van der Waals surface area contributed by atoms with Crippen molar-refractivity contribution in [3.63, 3.8) is 0 Å². The van der Waals surface area contributed by atoms with Crippen LogP contribution in [-0.4, -0.2) is 46.1 Å². The molecule has 2 rings (SSSR count). The summed E-state index contributed by atoms with van der Waals surface area (Å²) < 4.78 is 0. The Morgan fingerprint density at radius 3 is 2.76 bits per heavy atom. The maximum absolute atomic E-state index is 12.0. The second-order valence-corrected chi connectivity index (χ2v) is 4.88. The molecule has 0 aliphatic rings. The van der Waals surface area contributed by atoms with Crippen LogP contribution in [0.2, 0.25) is 0 Å². The summed E-state index contributed by atoms with van der Waals surface area (Å²) in [6.45, 7) is 5.22. The van der Waals surface area contributed by atoms with Crippen molar-refractivity contribution in [3.8, 4) is 11.4 Å². The van der Waals surface area contributed by atoms with Crippen molar-refractivity contribution in [2.45, 2.75) is 20.3 Å². The molecule has 21 heavy (non-hydrogen) atoms. The Bertz CT molecular complexity index is 608. The lowest BCUT2D eigenvalue weighted by Gasteiger charge is -2.14. The second kappa shape index (κ2) is 6.99. The summed E-state index contributed by atoms with van der Waals surface area (Å²) >= 11 is 0. The Hall–Kier alpha value is -2.21. The lowest BCUT2D eigenvalue weighted by molar-refractivity contribution is -0.117. The van der Waals surface area contributed by atoms with Gasteiger partial charge in [0.1, 0.15) is 5.82 Å². The van der Waals surface area contributed by atoms with Crippen LogP contribution < -0.4 is 5.32 Å². The number of H-pyrrole nitrogens is 1. The highest BCUT2D eigenvalue weighted by molar-refractivity contribution is 5.95. The predicted molar refractivity (Wildman–Crippen MR) is 83.0 cm³/mol. The van der Waals surface area contributed by atoms with Crippen molar-refractivity contribution in [1.82, 2.24) is 20.1 Å². The number of nitrogens with zero attached hydrogens (tertiary/aromatic N) is 3. The van der Waals surface area contributed by atoms with Crippen LogP contribution in [0.5, 0.6) is 0 Å². The molecule has 0 saturated carbocycles. The SMILES string of the molecule is CCc1nc(-c2ccccc2NC(=O)CN(C)CC)n[nH]1. The highest BCUT2D eigenvalue weighted by Crippen LogP contribution is 2.24. The Labute approximate surface area is 124 Å². The van der Waals surface area contributed by atoms with Crippen LogP contribution in [0.15, 0.2) is 24.3 Å².